The number of nitrogens with one attached hydrogen (secondary N) is 2. The van der Waals surface area contributed by atoms with Gasteiger partial charge in [-0.3, -0.25) is 49.2 Å². The van der Waals surface area contributed by atoms with Gasteiger partial charge >= 0.3 is 0 Å². The van der Waals surface area contributed by atoms with E-state index in [0.29, 0.717) is 48.7 Å². The Kier molecular flexibility index (Phi) is 10.4. The van der Waals surface area contributed by atoms with Gasteiger partial charge in [0.05, 0.1) is 19.8 Å². The van der Waals surface area contributed by atoms with Crippen LogP contribution in [0.4, 0.5) is 0 Å². The Balaban J connectivity index is 0.730. The van der Waals surface area contributed by atoms with Crippen molar-refractivity contribution >= 4 is 35.4 Å². The van der Waals surface area contributed by atoms with E-state index in [2.05, 4.69) is 69.0 Å². The molecule has 14 heteroatoms. The molecule has 0 bridgehead atoms. The lowest BCUT2D eigenvalue weighted by atomic mass is 10.0. The van der Waals surface area contributed by atoms with Gasteiger partial charge in [-0.2, -0.15) is 0 Å². The van der Waals surface area contributed by atoms with Gasteiger partial charge in [0.2, 0.25) is 23.6 Å². The third-order valence-electron chi connectivity index (χ3n) is 11.9. The number of rotatable bonds is 12. The van der Waals surface area contributed by atoms with Crippen molar-refractivity contribution in [2.75, 3.05) is 19.8 Å². The van der Waals surface area contributed by atoms with Gasteiger partial charge in [-0.05, 0) is 59.4 Å². The molecule has 6 amide bonds. The zero-order valence-corrected chi connectivity index (χ0v) is 32.5. The Morgan fingerprint density at radius 3 is 1.34 bits per heavy atom. The van der Waals surface area contributed by atoms with Gasteiger partial charge in [-0.25, -0.2) is 0 Å². The molecule has 5 aliphatic rings. The van der Waals surface area contributed by atoms with Crippen LogP contribution in [0.2, 0.25) is 0 Å². The predicted octanol–water partition coefficient (Wildman–Crippen LogP) is 3.64. The average Bonchev–Trinajstić information content (AvgIpc) is 3.92. The van der Waals surface area contributed by atoms with E-state index in [1.165, 1.54) is 20.9 Å². The molecule has 0 aromatic heterocycles. The average molecular weight is 797 g/mol. The Morgan fingerprint density at radius 2 is 0.932 bits per heavy atom. The maximum atomic E-state index is 13.2. The molecule has 2 unspecified atom stereocenters. The summed E-state index contributed by atoms with van der Waals surface area (Å²) in [4.78, 5) is 82.5. The number of nitrogens with zero attached hydrogens (tertiary/aromatic N) is 4. The first-order valence-corrected chi connectivity index (χ1v) is 20.1. The van der Waals surface area contributed by atoms with Crippen LogP contribution in [0.1, 0.15) is 79.8 Å². The van der Waals surface area contributed by atoms with Crippen molar-refractivity contribution in [1.29, 1.82) is 0 Å². The number of hydrogen-bond donors (Lipinski definition) is 2. The van der Waals surface area contributed by atoms with E-state index >= 15 is 0 Å². The van der Waals surface area contributed by atoms with Crippen molar-refractivity contribution in [2.45, 2.75) is 77.2 Å². The minimum Gasteiger partial charge on any atom is -0.489 e. The second kappa shape index (κ2) is 16.1. The molecule has 59 heavy (non-hydrogen) atoms. The van der Waals surface area contributed by atoms with E-state index in [-0.39, 0.29) is 49.6 Å². The van der Waals surface area contributed by atoms with Crippen LogP contribution in [-0.2, 0) is 58.6 Å². The summed E-state index contributed by atoms with van der Waals surface area (Å²) >= 11 is 0. The molecular weight excluding hydrogens is 753 g/mol. The highest BCUT2D eigenvalue weighted by molar-refractivity contribution is 6.06. The molecule has 0 aliphatic carbocycles. The molecule has 3 saturated heterocycles. The van der Waals surface area contributed by atoms with Crippen LogP contribution in [0.15, 0.2) is 84.9 Å². The number of fused-ring (bicyclic) bond motifs is 2. The molecule has 302 valence electrons. The first kappa shape index (κ1) is 38.2. The molecule has 0 radical (unpaired) electrons. The monoisotopic (exact) mass is 796 g/mol. The summed E-state index contributed by atoms with van der Waals surface area (Å²) in [5.74, 6) is -0.694. The summed E-state index contributed by atoms with van der Waals surface area (Å²) in [6.45, 7) is 5.67. The van der Waals surface area contributed by atoms with E-state index in [0.717, 1.165) is 55.1 Å². The van der Waals surface area contributed by atoms with Crippen LogP contribution < -0.4 is 20.1 Å². The number of carbonyl (C=O) groups is 6. The molecule has 4 aromatic carbocycles. The molecule has 2 N–H and O–H groups in total. The fourth-order valence-electron chi connectivity index (χ4n) is 8.67. The first-order valence-electron chi connectivity index (χ1n) is 20.1. The van der Waals surface area contributed by atoms with Crippen LogP contribution in [0.25, 0.3) is 0 Å². The third kappa shape index (κ3) is 7.93. The highest BCUT2D eigenvalue weighted by Crippen LogP contribution is 2.35. The lowest BCUT2D eigenvalue weighted by Crippen LogP contribution is -2.52. The summed E-state index contributed by atoms with van der Waals surface area (Å²) in [7, 11) is 0. The lowest BCUT2D eigenvalue weighted by molar-refractivity contribution is -0.138. The smallest absolute Gasteiger partial charge is 0.255 e. The Morgan fingerprint density at radius 1 is 0.525 bits per heavy atom. The number of hydrogen-bond acceptors (Lipinski definition) is 10. The number of amides is 6. The van der Waals surface area contributed by atoms with E-state index in [4.69, 9.17) is 9.47 Å². The third-order valence-corrected chi connectivity index (χ3v) is 11.9. The van der Waals surface area contributed by atoms with Crippen molar-refractivity contribution in [1.82, 2.24) is 30.2 Å². The summed E-state index contributed by atoms with van der Waals surface area (Å²) in [6.07, 6.45) is 1.05. The van der Waals surface area contributed by atoms with Crippen molar-refractivity contribution in [2.24, 2.45) is 0 Å². The molecule has 0 spiro atoms. The van der Waals surface area contributed by atoms with E-state index < -0.39 is 23.9 Å². The minimum absolute atomic E-state index is 0.211. The molecule has 9 rings (SSSR count). The molecule has 5 aliphatic heterocycles. The van der Waals surface area contributed by atoms with E-state index in [1.807, 2.05) is 12.1 Å². The Labute approximate surface area is 341 Å². The van der Waals surface area contributed by atoms with Gasteiger partial charge in [0, 0.05) is 61.3 Å². The Hall–Kier alpha value is -6.38. The highest BCUT2D eigenvalue weighted by Gasteiger charge is 2.41. The summed E-state index contributed by atoms with van der Waals surface area (Å²) in [6, 6.07) is 26.2. The van der Waals surface area contributed by atoms with Gasteiger partial charge in [-0.1, -0.05) is 60.7 Å². The zero-order valence-electron chi connectivity index (χ0n) is 32.5. The second-order valence-corrected chi connectivity index (χ2v) is 15.8. The topological polar surface area (TPSA) is 158 Å². The van der Waals surface area contributed by atoms with Gasteiger partial charge in [-0.15, -0.1) is 0 Å². The fourth-order valence-corrected chi connectivity index (χ4v) is 8.67. The molecule has 2 atom stereocenters. The zero-order chi connectivity index (χ0) is 40.6. The lowest BCUT2D eigenvalue weighted by Gasteiger charge is -2.29. The molecule has 3 fully saturated rings. The highest BCUT2D eigenvalue weighted by atomic mass is 16.5. The number of imide groups is 2. The molecule has 14 nitrogen and oxygen atoms in total. The molecule has 0 saturated carbocycles. The van der Waals surface area contributed by atoms with Crippen molar-refractivity contribution < 1.29 is 38.2 Å². The van der Waals surface area contributed by atoms with Gasteiger partial charge in [0.1, 0.15) is 36.8 Å². The maximum absolute atomic E-state index is 13.2. The van der Waals surface area contributed by atoms with Crippen LogP contribution in [0.3, 0.4) is 0 Å². The van der Waals surface area contributed by atoms with Crippen LogP contribution >= 0.6 is 0 Å². The predicted molar refractivity (Wildman–Crippen MR) is 212 cm³/mol. The largest absolute Gasteiger partial charge is 0.489 e. The van der Waals surface area contributed by atoms with Gasteiger partial charge in [0.15, 0.2) is 0 Å². The molecule has 4 aromatic rings. The van der Waals surface area contributed by atoms with E-state index in [9.17, 15) is 28.8 Å². The van der Waals surface area contributed by atoms with Crippen molar-refractivity contribution in [3.8, 4) is 11.5 Å². The second-order valence-electron chi connectivity index (χ2n) is 15.8. The van der Waals surface area contributed by atoms with Crippen LogP contribution in [0, 0.1) is 0 Å². The number of carbonyl (C=O) groups excluding carboxylic acids is 6. The normalized spacial score (nSPS) is 20.8. The number of piperidine rings is 2. The number of benzene rings is 4. The van der Waals surface area contributed by atoms with Crippen LogP contribution in [0.5, 0.6) is 11.5 Å². The standard InChI is InChI=1S/C45H44N6O8/c52-40-17-15-36(42(54)46-40)50-23-34-32(44(50)56)3-1-5-38(34)58-25-30-11-7-28(8-12-30)21-48-19-20-49(27-48)22-29-9-13-31(14-10-29)26-59-39-6-2-4-33-35(39)24-51(45(33)57)37-16-18-41(53)47-43(37)55/h1-14,36-37H,15-27H2,(H,46,52,54)(H,47,53,55). The number of ether oxygens (including phenoxy) is 2. The minimum atomic E-state index is -0.669. The summed E-state index contributed by atoms with van der Waals surface area (Å²) < 4.78 is 12.4. The molecule has 5 heterocycles. The first-order chi connectivity index (χ1) is 28.7. The molecular formula is C45H44N6O8. The quantitative estimate of drug-likeness (QED) is 0.203. The maximum Gasteiger partial charge on any atom is 0.255 e. The fraction of sp³-hybridized carbons (Fsp3) is 0.333. The summed E-state index contributed by atoms with van der Waals surface area (Å²) in [5, 5.41) is 4.69. The van der Waals surface area contributed by atoms with Gasteiger partial charge in [0.25, 0.3) is 11.8 Å². The van der Waals surface area contributed by atoms with Crippen molar-refractivity contribution in [3.05, 3.63) is 129 Å². The van der Waals surface area contributed by atoms with Crippen molar-refractivity contribution in [3.63, 3.8) is 0 Å². The van der Waals surface area contributed by atoms with Gasteiger partial charge < -0.3 is 19.3 Å². The van der Waals surface area contributed by atoms with Crippen LogP contribution in [-0.4, -0.2) is 86.9 Å². The summed E-state index contributed by atoms with van der Waals surface area (Å²) in [5.41, 5.74) is 7.01. The SMILES string of the molecule is O=C1CCC(N2Cc3c(OCc4ccc(CN5CCN(Cc6ccc(COc7cccc8c7CN(C7CCC(=O)NC7=O)C8=O)cc6)C5)cc4)cccc3C2=O)C(=O)N1. The Bertz CT molecular complexity index is 2180. The van der Waals surface area contributed by atoms with E-state index in [1.54, 1.807) is 24.3 Å².